The van der Waals surface area contributed by atoms with Crippen molar-refractivity contribution in [1.29, 1.82) is 0 Å². The normalized spacial score (nSPS) is 16.7. The molecule has 0 unspecified atom stereocenters. The molecule has 98 valence electrons. The molecule has 2 rings (SSSR count). The van der Waals surface area contributed by atoms with Crippen LogP contribution < -0.4 is 5.32 Å². The second kappa shape index (κ2) is 5.06. The lowest BCUT2D eigenvalue weighted by molar-refractivity contribution is -0.121. The van der Waals surface area contributed by atoms with Gasteiger partial charge in [0.25, 0.3) is 0 Å². The summed E-state index contributed by atoms with van der Waals surface area (Å²) in [6.45, 7) is 0.988. The highest BCUT2D eigenvalue weighted by molar-refractivity contribution is 5.78. The van der Waals surface area contributed by atoms with Crippen molar-refractivity contribution in [3.63, 3.8) is 0 Å². The van der Waals surface area contributed by atoms with Crippen molar-refractivity contribution in [2.45, 2.75) is 18.3 Å². The number of nitrogens with zero attached hydrogens (tertiary/aromatic N) is 1. The fourth-order valence-electron chi connectivity index (χ4n) is 2.15. The Bertz CT molecular complexity index is 441. The van der Waals surface area contributed by atoms with Crippen LogP contribution in [0.5, 0.6) is 0 Å². The Balaban J connectivity index is 1.95. The maximum absolute atomic E-state index is 13.2. The van der Waals surface area contributed by atoms with Crippen LogP contribution in [-0.4, -0.2) is 38.0 Å². The molecule has 3 nitrogen and oxygen atoms in total. The van der Waals surface area contributed by atoms with Gasteiger partial charge in [-0.3, -0.25) is 4.79 Å². The predicted molar refractivity (Wildman–Crippen MR) is 68.9 cm³/mol. The van der Waals surface area contributed by atoms with E-state index in [2.05, 4.69) is 5.32 Å². The Morgan fingerprint density at radius 3 is 2.72 bits per heavy atom. The second-order valence-corrected chi connectivity index (χ2v) is 5.31. The third-order valence-electron chi connectivity index (χ3n) is 3.37. The Morgan fingerprint density at radius 2 is 2.17 bits per heavy atom. The Kier molecular flexibility index (Phi) is 3.66. The highest BCUT2D eigenvalue weighted by Crippen LogP contribution is 2.47. The van der Waals surface area contributed by atoms with Crippen molar-refractivity contribution in [2.24, 2.45) is 0 Å². The Labute approximate surface area is 107 Å². The SMILES string of the molecule is CN(C)CC(=O)NCC1(c2cccc(F)c2)CC1. The first kappa shape index (κ1) is 13.0. The van der Waals surface area contributed by atoms with E-state index in [1.165, 1.54) is 6.07 Å². The van der Waals surface area contributed by atoms with Gasteiger partial charge in [-0.25, -0.2) is 4.39 Å². The van der Waals surface area contributed by atoms with Gasteiger partial charge in [-0.15, -0.1) is 0 Å². The molecule has 0 radical (unpaired) electrons. The summed E-state index contributed by atoms with van der Waals surface area (Å²) in [6, 6.07) is 6.69. The fourth-order valence-corrected chi connectivity index (χ4v) is 2.15. The first-order chi connectivity index (χ1) is 8.52. The average molecular weight is 250 g/mol. The summed E-state index contributed by atoms with van der Waals surface area (Å²) in [5.41, 5.74) is 0.956. The molecular weight excluding hydrogens is 231 g/mol. The average Bonchev–Trinajstić information content (AvgIpc) is 3.06. The zero-order chi connectivity index (χ0) is 13.2. The van der Waals surface area contributed by atoms with E-state index in [9.17, 15) is 9.18 Å². The lowest BCUT2D eigenvalue weighted by Gasteiger charge is -2.17. The monoisotopic (exact) mass is 250 g/mol. The van der Waals surface area contributed by atoms with Gasteiger partial charge in [0.15, 0.2) is 0 Å². The van der Waals surface area contributed by atoms with Crippen LogP contribution in [0.1, 0.15) is 18.4 Å². The number of carbonyl (C=O) groups excluding carboxylic acids is 1. The van der Waals surface area contributed by atoms with Crippen molar-refractivity contribution in [2.75, 3.05) is 27.2 Å². The lowest BCUT2D eigenvalue weighted by Crippen LogP contribution is -2.37. The summed E-state index contributed by atoms with van der Waals surface area (Å²) < 4.78 is 13.2. The molecule has 1 amide bonds. The molecule has 0 saturated heterocycles. The number of rotatable bonds is 5. The summed E-state index contributed by atoms with van der Waals surface area (Å²) >= 11 is 0. The molecule has 18 heavy (non-hydrogen) atoms. The van der Waals surface area contributed by atoms with Crippen LogP contribution in [0.4, 0.5) is 4.39 Å². The minimum atomic E-state index is -0.210. The molecule has 1 aromatic carbocycles. The fraction of sp³-hybridized carbons (Fsp3) is 0.500. The van der Waals surface area contributed by atoms with E-state index in [4.69, 9.17) is 0 Å². The van der Waals surface area contributed by atoms with Gasteiger partial charge in [0.05, 0.1) is 6.54 Å². The molecule has 1 aromatic rings. The smallest absolute Gasteiger partial charge is 0.234 e. The molecule has 0 bridgehead atoms. The molecule has 0 atom stereocenters. The van der Waals surface area contributed by atoms with Crippen molar-refractivity contribution in [3.8, 4) is 0 Å². The van der Waals surface area contributed by atoms with Crippen LogP contribution in [0.3, 0.4) is 0 Å². The Morgan fingerprint density at radius 1 is 1.44 bits per heavy atom. The number of hydrogen-bond acceptors (Lipinski definition) is 2. The minimum Gasteiger partial charge on any atom is -0.354 e. The van der Waals surface area contributed by atoms with Gasteiger partial charge in [-0.2, -0.15) is 0 Å². The van der Waals surface area contributed by atoms with Gasteiger partial charge in [0, 0.05) is 12.0 Å². The molecule has 4 heteroatoms. The maximum Gasteiger partial charge on any atom is 0.234 e. The third kappa shape index (κ3) is 3.07. The standard InChI is InChI=1S/C14H19FN2O/c1-17(2)9-13(18)16-10-14(6-7-14)11-4-3-5-12(15)8-11/h3-5,8H,6-7,9-10H2,1-2H3,(H,16,18). The number of halogens is 1. The van der Waals surface area contributed by atoms with Crippen LogP contribution in [0.25, 0.3) is 0 Å². The van der Waals surface area contributed by atoms with E-state index >= 15 is 0 Å². The van der Waals surface area contributed by atoms with Crippen LogP contribution >= 0.6 is 0 Å². The van der Waals surface area contributed by atoms with E-state index < -0.39 is 0 Å². The highest BCUT2D eigenvalue weighted by Gasteiger charge is 2.44. The van der Waals surface area contributed by atoms with Crippen LogP contribution in [0.15, 0.2) is 24.3 Å². The topological polar surface area (TPSA) is 32.3 Å². The van der Waals surface area contributed by atoms with Gasteiger partial charge >= 0.3 is 0 Å². The zero-order valence-corrected chi connectivity index (χ0v) is 10.9. The second-order valence-electron chi connectivity index (χ2n) is 5.31. The molecule has 0 heterocycles. The molecule has 1 aliphatic rings. The lowest BCUT2D eigenvalue weighted by atomic mass is 9.96. The first-order valence-corrected chi connectivity index (χ1v) is 6.19. The van der Waals surface area contributed by atoms with Crippen LogP contribution in [0, 0.1) is 5.82 Å². The largest absolute Gasteiger partial charge is 0.354 e. The number of benzene rings is 1. The minimum absolute atomic E-state index is 0.0164. The molecule has 1 aliphatic carbocycles. The number of amides is 1. The van der Waals surface area contributed by atoms with Crippen molar-refractivity contribution in [3.05, 3.63) is 35.6 Å². The first-order valence-electron chi connectivity index (χ1n) is 6.19. The molecule has 1 saturated carbocycles. The zero-order valence-electron chi connectivity index (χ0n) is 10.9. The number of hydrogen-bond donors (Lipinski definition) is 1. The van der Waals surface area contributed by atoms with Crippen molar-refractivity contribution in [1.82, 2.24) is 10.2 Å². The van der Waals surface area contributed by atoms with Crippen LogP contribution in [-0.2, 0) is 10.2 Å². The molecule has 1 fully saturated rings. The number of likely N-dealkylation sites (N-methyl/N-ethyl adjacent to an activating group) is 1. The maximum atomic E-state index is 13.2. The van der Waals surface area contributed by atoms with E-state index in [1.54, 1.807) is 12.1 Å². The van der Waals surface area contributed by atoms with E-state index in [0.717, 1.165) is 18.4 Å². The molecule has 0 aromatic heterocycles. The molecule has 0 spiro atoms. The summed E-state index contributed by atoms with van der Waals surface area (Å²) in [5.74, 6) is -0.193. The summed E-state index contributed by atoms with van der Waals surface area (Å²) in [6.07, 6.45) is 2.03. The quantitative estimate of drug-likeness (QED) is 0.859. The highest BCUT2D eigenvalue weighted by atomic mass is 19.1. The van der Waals surface area contributed by atoms with Gasteiger partial charge in [0.2, 0.25) is 5.91 Å². The molecule has 1 N–H and O–H groups in total. The van der Waals surface area contributed by atoms with E-state index in [0.29, 0.717) is 13.1 Å². The van der Waals surface area contributed by atoms with Gasteiger partial charge in [0.1, 0.15) is 5.82 Å². The van der Waals surface area contributed by atoms with E-state index in [-0.39, 0.29) is 17.1 Å². The summed E-state index contributed by atoms with van der Waals surface area (Å²) in [7, 11) is 3.72. The Hall–Kier alpha value is -1.42. The van der Waals surface area contributed by atoms with Gasteiger partial charge in [-0.05, 0) is 44.6 Å². The predicted octanol–water partition coefficient (Wildman–Crippen LogP) is 1.54. The van der Waals surface area contributed by atoms with E-state index in [1.807, 2.05) is 25.1 Å². The molecular formula is C14H19FN2O. The molecule has 0 aliphatic heterocycles. The van der Waals surface area contributed by atoms with Crippen molar-refractivity contribution < 1.29 is 9.18 Å². The summed E-state index contributed by atoms with van der Waals surface area (Å²) in [5, 5.41) is 2.93. The van der Waals surface area contributed by atoms with Crippen LogP contribution in [0.2, 0.25) is 0 Å². The van der Waals surface area contributed by atoms with Crippen molar-refractivity contribution >= 4 is 5.91 Å². The van der Waals surface area contributed by atoms with Gasteiger partial charge in [-0.1, -0.05) is 12.1 Å². The summed E-state index contributed by atoms with van der Waals surface area (Å²) in [4.78, 5) is 13.4. The number of carbonyl (C=O) groups is 1. The number of nitrogens with one attached hydrogen (secondary N) is 1. The third-order valence-corrected chi connectivity index (χ3v) is 3.37. The van der Waals surface area contributed by atoms with Gasteiger partial charge < -0.3 is 10.2 Å².